The second-order valence-electron chi connectivity index (χ2n) is 5.55. The van der Waals surface area contributed by atoms with Gasteiger partial charge < -0.3 is 11.1 Å². The lowest BCUT2D eigenvalue weighted by Crippen LogP contribution is -2.45. The summed E-state index contributed by atoms with van der Waals surface area (Å²) >= 11 is 0. The molecule has 2 rings (SSSR count). The van der Waals surface area contributed by atoms with Crippen LogP contribution in [0.1, 0.15) is 45.4 Å². The molecular weight excluding hydrogens is 184 g/mol. The largest absolute Gasteiger partial charge is 0.324 e. The lowest BCUT2D eigenvalue weighted by atomic mass is 9.83. The molecule has 86 valence electrons. The number of hydrogen-bond acceptors (Lipinski definition) is 2. The molecule has 2 aliphatic carbocycles. The Hall–Kier alpha value is -0.340. The predicted molar refractivity (Wildman–Crippen MR) is 64.7 cm³/mol. The number of rotatable bonds is 3. The molecule has 2 unspecified atom stereocenters. The van der Waals surface area contributed by atoms with E-state index >= 15 is 0 Å². The molecule has 0 aromatic rings. The Morgan fingerprint density at radius 1 is 1.27 bits per heavy atom. The van der Waals surface area contributed by atoms with Crippen LogP contribution in [0.4, 0.5) is 0 Å². The van der Waals surface area contributed by atoms with E-state index in [-0.39, 0.29) is 0 Å². The van der Waals surface area contributed by atoms with Crippen LogP contribution < -0.4 is 11.1 Å². The van der Waals surface area contributed by atoms with E-state index < -0.39 is 0 Å². The molecule has 2 nitrogen and oxygen atoms in total. The number of hydrogen-bond donors (Lipinski definition) is 2. The topological polar surface area (TPSA) is 38.0 Å². The van der Waals surface area contributed by atoms with E-state index in [0.717, 1.165) is 13.0 Å². The Bertz CT molecular complexity index is 229. The standard InChI is InChI=1S/C13H24N2/c1-13(7-3-2-4-8-13)15-10-11-5-6-12(14)9-11/h5-6,11-12,15H,2-4,7-10,14H2,1H3. The first-order valence-electron chi connectivity index (χ1n) is 6.37. The third-order valence-corrected chi connectivity index (χ3v) is 3.95. The van der Waals surface area contributed by atoms with Gasteiger partial charge in [-0.3, -0.25) is 0 Å². The lowest BCUT2D eigenvalue weighted by Gasteiger charge is -2.35. The Labute approximate surface area is 93.3 Å². The van der Waals surface area contributed by atoms with Crippen LogP contribution in [0.3, 0.4) is 0 Å². The third kappa shape index (κ3) is 3.05. The van der Waals surface area contributed by atoms with Crippen LogP contribution in [0.2, 0.25) is 0 Å². The molecule has 0 aromatic carbocycles. The van der Waals surface area contributed by atoms with Crippen molar-refractivity contribution in [2.75, 3.05) is 6.54 Å². The summed E-state index contributed by atoms with van der Waals surface area (Å²) in [6.07, 6.45) is 12.5. The summed E-state index contributed by atoms with van der Waals surface area (Å²) in [7, 11) is 0. The van der Waals surface area contributed by atoms with E-state index in [1.54, 1.807) is 0 Å². The zero-order valence-electron chi connectivity index (χ0n) is 9.84. The fourth-order valence-electron chi connectivity index (χ4n) is 2.84. The van der Waals surface area contributed by atoms with Crippen molar-refractivity contribution in [3.8, 4) is 0 Å². The molecule has 0 amide bonds. The highest BCUT2D eigenvalue weighted by molar-refractivity contribution is 5.05. The summed E-state index contributed by atoms with van der Waals surface area (Å²) in [5.74, 6) is 0.666. The first kappa shape index (κ1) is 11.2. The van der Waals surface area contributed by atoms with Crippen molar-refractivity contribution in [2.45, 2.75) is 57.0 Å². The molecule has 0 spiro atoms. The maximum absolute atomic E-state index is 5.85. The quantitative estimate of drug-likeness (QED) is 0.698. The van der Waals surface area contributed by atoms with Crippen LogP contribution in [-0.4, -0.2) is 18.1 Å². The molecule has 0 bridgehead atoms. The van der Waals surface area contributed by atoms with Crippen LogP contribution in [0.5, 0.6) is 0 Å². The fourth-order valence-corrected chi connectivity index (χ4v) is 2.84. The highest BCUT2D eigenvalue weighted by Crippen LogP contribution is 2.28. The number of nitrogens with two attached hydrogens (primary N) is 1. The molecule has 0 saturated heterocycles. The molecular formula is C13H24N2. The van der Waals surface area contributed by atoms with Crippen molar-refractivity contribution in [2.24, 2.45) is 11.7 Å². The van der Waals surface area contributed by atoms with Gasteiger partial charge in [0.25, 0.3) is 0 Å². The zero-order valence-corrected chi connectivity index (χ0v) is 9.84. The van der Waals surface area contributed by atoms with Gasteiger partial charge in [-0.1, -0.05) is 31.4 Å². The summed E-state index contributed by atoms with van der Waals surface area (Å²) in [6.45, 7) is 3.49. The smallest absolute Gasteiger partial charge is 0.0229 e. The molecule has 1 saturated carbocycles. The molecule has 0 radical (unpaired) electrons. The van der Waals surface area contributed by atoms with Gasteiger partial charge in [0.1, 0.15) is 0 Å². The van der Waals surface area contributed by atoms with Crippen LogP contribution >= 0.6 is 0 Å². The van der Waals surface area contributed by atoms with Crippen molar-refractivity contribution in [3.63, 3.8) is 0 Å². The summed E-state index contributed by atoms with van der Waals surface area (Å²) < 4.78 is 0. The summed E-state index contributed by atoms with van der Waals surface area (Å²) in [5, 5.41) is 3.75. The van der Waals surface area contributed by atoms with Gasteiger partial charge >= 0.3 is 0 Å². The Morgan fingerprint density at radius 2 is 2.00 bits per heavy atom. The van der Waals surface area contributed by atoms with Gasteiger partial charge in [0, 0.05) is 18.1 Å². The first-order valence-corrected chi connectivity index (χ1v) is 6.37. The van der Waals surface area contributed by atoms with Gasteiger partial charge in [-0.2, -0.15) is 0 Å². The van der Waals surface area contributed by atoms with Crippen LogP contribution in [0.25, 0.3) is 0 Å². The van der Waals surface area contributed by atoms with Gasteiger partial charge in [0.2, 0.25) is 0 Å². The summed E-state index contributed by atoms with van der Waals surface area (Å²) in [5.41, 5.74) is 6.25. The molecule has 0 heterocycles. The van der Waals surface area contributed by atoms with E-state index in [4.69, 9.17) is 5.73 Å². The van der Waals surface area contributed by atoms with Crippen molar-refractivity contribution >= 4 is 0 Å². The SMILES string of the molecule is CC1(NCC2C=CC(N)C2)CCCCC1. The Balaban J connectivity index is 1.74. The molecule has 1 fully saturated rings. The highest BCUT2D eigenvalue weighted by Gasteiger charge is 2.27. The Morgan fingerprint density at radius 3 is 2.60 bits per heavy atom. The van der Waals surface area contributed by atoms with Crippen LogP contribution in [0.15, 0.2) is 12.2 Å². The summed E-state index contributed by atoms with van der Waals surface area (Å²) in [4.78, 5) is 0. The van der Waals surface area contributed by atoms with Crippen LogP contribution in [0, 0.1) is 5.92 Å². The van der Waals surface area contributed by atoms with E-state index in [2.05, 4.69) is 24.4 Å². The maximum Gasteiger partial charge on any atom is 0.0229 e. The Kier molecular flexibility index (Phi) is 3.47. The van der Waals surface area contributed by atoms with Gasteiger partial charge in [0.05, 0.1) is 0 Å². The predicted octanol–water partition coefficient (Wildman–Crippen LogP) is 2.20. The molecule has 2 aliphatic rings. The van der Waals surface area contributed by atoms with Crippen molar-refractivity contribution in [1.29, 1.82) is 0 Å². The summed E-state index contributed by atoms with van der Waals surface area (Å²) in [6, 6.07) is 0.302. The minimum Gasteiger partial charge on any atom is -0.324 e. The first-order chi connectivity index (χ1) is 7.18. The molecule has 3 N–H and O–H groups in total. The van der Waals surface area contributed by atoms with Gasteiger partial charge in [-0.05, 0) is 32.1 Å². The number of nitrogens with one attached hydrogen (secondary N) is 1. The molecule has 0 aliphatic heterocycles. The minimum absolute atomic E-state index is 0.302. The van der Waals surface area contributed by atoms with Crippen molar-refractivity contribution in [1.82, 2.24) is 5.32 Å². The average Bonchev–Trinajstić information content (AvgIpc) is 2.63. The molecule has 2 heteroatoms. The van der Waals surface area contributed by atoms with Gasteiger partial charge in [-0.25, -0.2) is 0 Å². The van der Waals surface area contributed by atoms with E-state index in [9.17, 15) is 0 Å². The monoisotopic (exact) mass is 208 g/mol. The minimum atomic E-state index is 0.302. The van der Waals surface area contributed by atoms with Gasteiger partial charge in [0.15, 0.2) is 0 Å². The van der Waals surface area contributed by atoms with Gasteiger partial charge in [-0.15, -0.1) is 0 Å². The molecule has 2 atom stereocenters. The fraction of sp³-hybridized carbons (Fsp3) is 0.846. The van der Waals surface area contributed by atoms with E-state index in [1.165, 1.54) is 32.1 Å². The third-order valence-electron chi connectivity index (χ3n) is 3.95. The molecule has 15 heavy (non-hydrogen) atoms. The van der Waals surface area contributed by atoms with Crippen molar-refractivity contribution in [3.05, 3.63) is 12.2 Å². The maximum atomic E-state index is 5.85. The second kappa shape index (κ2) is 4.67. The molecule has 0 aromatic heterocycles. The zero-order chi connectivity index (χ0) is 10.7. The van der Waals surface area contributed by atoms with Crippen LogP contribution in [-0.2, 0) is 0 Å². The average molecular weight is 208 g/mol. The highest BCUT2D eigenvalue weighted by atomic mass is 15.0. The van der Waals surface area contributed by atoms with Crippen molar-refractivity contribution < 1.29 is 0 Å². The normalized spacial score (nSPS) is 34.5. The van der Waals surface area contributed by atoms with E-state index in [1.807, 2.05) is 0 Å². The van der Waals surface area contributed by atoms with E-state index in [0.29, 0.717) is 17.5 Å². The lowest BCUT2D eigenvalue weighted by molar-refractivity contribution is 0.246. The second-order valence-corrected chi connectivity index (χ2v) is 5.55.